The Bertz CT molecular complexity index is 1450. The van der Waals surface area contributed by atoms with Gasteiger partial charge in [0.2, 0.25) is 5.91 Å². The van der Waals surface area contributed by atoms with E-state index in [0.29, 0.717) is 10.7 Å². The van der Waals surface area contributed by atoms with Crippen molar-refractivity contribution >= 4 is 34.7 Å². The molecule has 0 fully saturated rings. The normalized spacial score (nSPS) is 16.6. The summed E-state index contributed by atoms with van der Waals surface area (Å²) in [6.45, 7) is 9.85. The summed E-state index contributed by atoms with van der Waals surface area (Å²) in [6, 6.07) is 9.16. The van der Waals surface area contributed by atoms with Gasteiger partial charge in [-0.2, -0.15) is 0 Å². The number of benzene rings is 1. The summed E-state index contributed by atoms with van der Waals surface area (Å²) >= 11 is 1.38. The Hall–Kier alpha value is -3.85. The summed E-state index contributed by atoms with van der Waals surface area (Å²) < 4.78 is 0. The maximum absolute atomic E-state index is 13.1. The van der Waals surface area contributed by atoms with E-state index in [9.17, 15) is 19.5 Å². The molecule has 4 rings (SSSR count). The van der Waals surface area contributed by atoms with Gasteiger partial charge < -0.3 is 15.7 Å². The predicted molar refractivity (Wildman–Crippen MR) is 171 cm³/mol. The van der Waals surface area contributed by atoms with Crippen molar-refractivity contribution in [1.29, 1.82) is 0 Å². The molecule has 1 aliphatic carbocycles. The lowest BCUT2D eigenvalue weighted by atomic mass is 9.85. The SMILES string of the molecule is CCCC1CC=C(c2cnc(-c3ccc(C[C@H](NC(=O)c4ccc(C(C)(C)C)s4)C(=O)N[C@H](C)C(=O)O)cc3)nc2)CC1. The average Bonchev–Trinajstić information content (AvgIpc) is 3.50. The number of aliphatic carboxylic acids is 1. The van der Waals surface area contributed by atoms with Crippen molar-refractivity contribution in [3.8, 4) is 11.4 Å². The van der Waals surface area contributed by atoms with Crippen LogP contribution in [0.4, 0.5) is 0 Å². The van der Waals surface area contributed by atoms with Crippen LogP contribution in [0.25, 0.3) is 17.0 Å². The molecule has 0 spiro atoms. The van der Waals surface area contributed by atoms with Gasteiger partial charge >= 0.3 is 5.97 Å². The fourth-order valence-corrected chi connectivity index (χ4v) is 6.13. The summed E-state index contributed by atoms with van der Waals surface area (Å²) in [5, 5.41) is 14.6. The van der Waals surface area contributed by atoms with Crippen LogP contribution in [-0.2, 0) is 21.4 Å². The maximum atomic E-state index is 13.1. The van der Waals surface area contributed by atoms with Gasteiger partial charge in [-0.25, -0.2) is 9.97 Å². The molecule has 0 radical (unpaired) electrons. The fourth-order valence-electron chi connectivity index (χ4n) is 5.17. The van der Waals surface area contributed by atoms with Crippen molar-refractivity contribution in [2.45, 2.75) is 90.6 Å². The molecule has 2 aromatic heterocycles. The summed E-state index contributed by atoms with van der Waals surface area (Å²) in [6.07, 6.45) is 12.2. The standard InChI is InChI=1S/C34H42N4O4S/c1-6-7-22-8-12-24(13-9-22)26-19-35-30(36-20-26)25-14-10-23(11-15-25)18-27(31(39)37-21(2)33(41)42)38-32(40)28-16-17-29(43-28)34(3,4)5/h10-12,14-17,19-22,27H,6-9,13,18H2,1-5H3,(H,37,39)(H,38,40)(H,41,42)/t21-,22?,27+/m1/s1. The van der Waals surface area contributed by atoms with Gasteiger partial charge in [-0.3, -0.25) is 14.4 Å². The van der Waals surface area contributed by atoms with Gasteiger partial charge in [-0.1, -0.05) is 70.9 Å². The molecular formula is C34H42N4O4S. The van der Waals surface area contributed by atoms with Gasteiger partial charge in [0.25, 0.3) is 5.91 Å². The number of rotatable bonds is 11. The third-order valence-corrected chi connectivity index (χ3v) is 9.32. The van der Waals surface area contributed by atoms with E-state index in [-0.39, 0.29) is 17.7 Å². The van der Waals surface area contributed by atoms with E-state index in [2.05, 4.69) is 54.4 Å². The summed E-state index contributed by atoms with van der Waals surface area (Å²) in [4.78, 5) is 48.3. The number of carbonyl (C=O) groups excluding carboxylic acids is 2. The van der Waals surface area contributed by atoms with Crippen molar-refractivity contribution < 1.29 is 19.5 Å². The van der Waals surface area contributed by atoms with Crippen LogP contribution in [0.3, 0.4) is 0 Å². The molecule has 8 nitrogen and oxygen atoms in total. The second kappa shape index (κ2) is 14.1. The molecule has 2 amide bonds. The Labute approximate surface area is 258 Å². The Balaban J connectivity index is 1.46. The van der Waals surface area contributed by atoms with Crippen LogP contribution in [-0.4, -0.2) is 44.9 Å². The summed E-state index contributed by atoms with van der Waals surface area (Å²) in [7, 11) is 0. The van der Waals surface area contributed by atoms with Crippen LogP contribution in [0.15, 0.2) is 54.9 Å². The van der Waals surface area contributed by atoms with E-state index in [4.69, 9.17) is 0 Å². The highest BCUT2D eigenvalue weighted by Gasteiger charge is 2.26. The lowest BCUT2D eigenvalue weighted by Crippen LogP contribution is -2.51. The van der Waals surface area contributed by atoms with Crippen molar-refractivity contribution in [3.63, 3.8) is 0 Å². The van der Waals surface area contributed by atoms with Crippen LogP contribution >= 0.6 is 11.3 Å². The summed E-state index contributed by atoms with van der Waals surface area (Å²) in [5.74, 6) is -0.688. The highest BCUT2D eigenvalue weighted by atomic mass is 32.1. The molecule has 0 saturated carbocycles. The number of amides is 2. The molecular weight excluding hydrogens is 560 g/mol. The third kappa shape index (κ3) is 8.60. The predicted octanol–water partition coefficient (Wildman–Crippen LogP) is 6.42. The molecule has 3 aromatic rings. The molecule has 3 N–H and O–H groups in total. The molecule has 2 heterocycles. The molecule has 0 bridgehead atoms. The first kappa shape index (κ1) is 32.1. The van der Waals surface area contributed by atoms with E-state index < -0.39 is 24.0 Å². The number of nitrogens with zero attached hydrogens (tertiary/aromatic N) is 2. The molecule has 1 aromatic carbocycles. The smallest absolute Gasteiger partial charge is 0.325 e. The van der Waals surface area contributed by atoms with Crippen LogP contribution in [0, 0.1) is 5.92 Å². The second-order valence-electron chi connectivity index (χ2n) is 12.4. The number of carboxylic acid groups (broad SMARTS) is 1. The number of hydrogen-bond donors (Lipinski definition) is 3. The Morgan fingerprint density at radius 3 is 2.28 bits per heavy atom. The number of nitrogens with one attached hydrogen (secondary N) is 2. The number of allylic oxidation sites excluding steroid dienone is 2. The topological polar surface area (TPSA) is 121 Å². The molecule has 0 aliphatic heterocycles. The van der Waals surface area contributed by atoms with Gasteiger partial charge in [0, 0.05) is 34.8 Å². The lowest BCUT2D eigenvalue weighted by Gasteiger charge is -2.21. The second-order valence-corrected chi connectivity index (χ2v) is 13.4. The highest BCUT2D eigenvalue weighted by Crippen LogP contribution is 2.32. The van der Waals surface area contributed by atoms with Crippen molar-refractivity contribution in [3.05, 3.63) is 75.7 Å². The zero-order chi connectivity index (χ0) is 31.1. The first-order chi connectivity index (χ1) is 20.4. The average molecular weight is 603 g/mol. The fraction of sp³-hybridized carbons (Fsp3) is 0.441. The lowest BCUT2D eigenvalue weighted by molar-refractivity contribution is -0.141. The molecule has 0 saturated heterocycles. The van der Waals surface area contributed by atoms with Gasteiger partial charge in [0.05, 0.1) is 4.88 Å². The van der Waals surface area contributed by atoms with Crippen LogP contribution in [0.2, 0.25) is 0 Å². The van der Waals surface area contributed by atoms with E-state index in [1.807, 2.05) is 42.7 Å². The minimum atomic E-state index is -1.15. The van der Waals surface area contributed by atoms with Crippen LogP contribution < -0.4 is 10.6 Å². The van der Waals surface area contributed by atoms with Crippen LogP contribution in [0.5, 0.6) is 0 Å². The third-order valence-electron chi connectivity index (χ3n) is 7.81. The molecule has 3 atom stereocenters. The van der Waals surface area contributed by atoms with E-state index in [1.54, 1.807) is 6.07 Å². The Morgan fingerprint density at radius 2 is 1.72 bits per heavy atom. The molecule has 1 aliphatic rings. The zero-order valence-corrected chi connectivity index (χ0v) is 26.5. The number of carbonyl (C=O) groups is 3. The highest BCUT2D eigenvalue weighted by molar-refractivity contribution is 7.14. The molecule has 228 valence electrons. The zero-order valence-electron chi connectivity index (χ0n) is 25.6. The van der Waals surface area contributed by atoms with E-state index in [0.717, 1.165) is 40.3 Å². The van der Waals surface area contributed by atoms with Gasteiger partial charge in [-0.15, -0.1) is 11.3 Å². The molecule has 9 heteroatoms. The maximum Gasteiger partial charge on any atom is 0.325 e. The Kier molecular flexibility index (Phi) is 10.5. The first-order valence-corrected chi connectivity index (χ1v) is 15.8. The van der Waals surface area contributed by atoms with E-state index >= 15 is 0 Å². The first-order valence-electron chi connectivity index (χ1n) is 15.0. The minimum Gasteiger partial charge on any atom is -0.480 e. The Morgan fingerprint density at radius 1 is 1.02 bits per heavy atom. The quantitative estimate of drug-likeness (QED) is 0.233. The molecule has 1 unspecified atom stereocenters. The van der Waals surface area contributed by atoms with Crippen molar-refractivity contribution in [1.82, 2.24) is 20.6 Å². The number of carboxylic acids is 1. The van der Waals surface area contributed by atoms with E-state index in [1.165, 1.54) is 43.1 Å². The number of thiophene rings is 1. The summed E-state index contributed by atoms with van der Waals surface area (Å²) in [5.41, 5.74) is 3.92. The monoisotopic (exact) mass is 602 g/mol. The van der Waals surface area contributed by atoms with Crippen molar-refractivity contribution in [2.24, 2.45) is 5.92 Å². The van der Waals surface area contributed by atoms with Crippen LogP contribution in [0.1, 0.15) is 92.4 Å². The van der Waals surface area contributed by atoms with Gasteiger partial charge in [0.1, 0.15) is 12.1 Å². The van der Waals surface area contributed by atoms with Gasteiger partial charge in [0.15, 0.2) is 5.82 Å². The van der Waals surface area contributed by atoms with Gasteiger partial charge in [-0.05, 0) is 60.8 Å². The number of hydrogen-bond acceptors (Lipinski definition) is 6. The largest absolute Gasteiger partial charge is 0.480 e. The minimum absolute atomic E-state index is 0.103. The number of aromatic nitrogens is 2. The van der Waals surface area contributed by atoms with Crippen molar-refractivity contribution in [2.75, 3.05) is 0 Å². The molecule has 43 heavy (non-hydrogen) atoms.